The van der Waals surface area contributed by atoms with Crippen molar-refractivity contribution in [2.45, 2.75) is 31.7 Å². The lowest BCUT2D eigenvalue weighted by Crippen LogP contribution is -2.38. The molecular weight excluding hydrogens is 271 g/mol. The number of halogens is 3. The topological polar surface area (TPSA) is 45.4 Å². The molecule has 3 nitrogen and oxygen atoms in total. The van der Waals surface area contributed by atoms with Gasteiger partial charge in [0.25, 0.3) is 0 Å². The number of furan rings is 1. The second-order valence-electron chi connectivity index (χ2n) is 4.65. The first-order chi connectivity index (χ1) is 9.40. The van der Waals surface area contributed by atoms with Crippen LogP contribution in [0.4, 0.5) is 13.2 Å². The van der Waals surface area contributed by atoms with Gasteiger partial charge in [-0.15, -0.1) is 0 Å². The second-order valence-corrected chi connectivity index (χ2v) is 4.65. The van der Waals surface area contributed by atoms with Crippen LogP contribution in [0.15, 0.2) is 34.9 Å². The van der Waals surface area contributed by atoms with Gasteiger partial charge >= 0.3 is 6.18 Å². The lowest BCUT2D eigenvalue weighted by atomic mass is 9.98. The van der Waals surface area contributed by atoms with E-state index in [0.717, 1.165) is 5.39 Å². The summed E-state index contributed by atoms with van der Waals surface area (Å²) in [5.74, 6) is 0. The second kappa shape index (κ2) is 5.85. The van der Waals surface area contributed by atoms with Crippen molar-refractivity contribution in [2.75, 3.05) is 6.54 Å². The molecule has 110 valence electrons. The predicted octanol–water partition coefficient (Wildman–Crippen LogP) is 3.40. The van der Waals surface area contributed by atoms with E-state index in [-0.39, 0.29) is 0 Å². The van der Waals surface area contributed by atoms with Crippen molar-refractivity contribution < 1.29 is 22.7 Å². The summed E-state index contributed by atoms with van der Waals surface area (Å²) < 4.78 is 42.8. The zero-order valence-corrected chi connectivity index (χ0v) is 10.9. The summed E-state index contributed by atoms with van der Waals surface area (Å²) in [4.78, 5) is 0. The van der Waals surface area contributed by atoms with E-state index >= 15 is 0 Å². The average molecular weight is 287 g/mol. The molecule has 2 aromatic rings. The zero-order valence-electron chi connectivity index (χ0n) is 10.9. The van der Waals surface area contributed by atoms with Crippen molar-refractivity contribution in [1.82, 2.24) is 5.32 Å². The highest BCUT2D eigenvalue weighted by atomic mass is 19.4. The molecule has 1 aromatic heterocycles. The lowest BCUT2D eigenvalue weighted by Gasteiger charge is -2.25. The van der Waals surface area contributed by atoms with Gasteiger partial charge < -0.3 is 14.8 Å². The normalized spacial score (nSPS) is 15.4. The van der Waals surface area contributed by atoms with E-state index in [0.29, 0.717) is 17.7 Å². The van der Waals surface area contributed by atoms with Crippen LogP contribution in [-0.2, 0) is 0 Å². The number of hydrogen-bond donors (Lipinski definition) is 2. The first-order valence-corrected chi connectivity index (χ1v) is 6.36. The monoisotopic (exact) mass is 287 g/mol. The summed E-state index contributed by atoms with van der Waals surface area (Å²) >= 11 is 0. The van der Waals surface area contributed by atoms with Crippen molar-refractivity contribution in [2.24, 2.45) is 0 Å². The highest BCUT2D eigenvalue weighted by Crippen LogP contribution is 2.29. The molecule has 0 fully saturated rings. The number of aliphatic hydroxyl groups excluding tert-OH is 1. The van der Waals surface area contributed by atoms with Gasteiger partial charge in [0.1, 0.15) is 5.58 Å². The fourth-order valence-corrected chi connectivity index (χ4v) is 2.19. The maximum atomic E-state index is 12.5. The minimum atomic E-state index is -4.33. The van der Waals surface area contributed by atoms with Crippen molar-refractivity contribution >= 4 is 11.0 Å². The predicted molar refractivity (Wildman–Crippen MR) is 69.3 cm³/mol. The maximum Gasteiger partial charge on any atom is 0.390 e. The number of hydrogen-bond acceptors (Lipinski definition) is 3. The van der Waals surface area contributed by atoms with E-state index in [1.54, 1.807) is 31.2 Å². The largest absolute Gasteiger partial charge is 0.464 e. The molecule has 0 bridgehead atoms. The molecule has 1 heterocycles. The molecule has 20 heavy (non-hydrogen) atoms. The van der Waals surface area contributed by atoms with Gasteiger partial charge in [-0.05, 0) is 24.2 Å². The molecule has 0 spiro atoms. The van der Waals surface area contributed by atoms with Crippen LogP contribution < -0.4 is 5.32 Å². The van der Waals surface area contributed by atoms with Crippen molar-refractivity contribution in [3.05, 3.63) is 36.1 Å². The molecular formula is C14H16F3NO2. The van der Waals surface area contributed by atoms with Gasteiger partial charge in [-0.2, -0.15) is 13.2 Å². The fourth-order valence-electron chi connectivity index (χ4n) is 2.19. The third kappa shape index (κ3) is 3.52. The van der Waals surface area contributed by atoms with Crippen LogP contribution in [0.3, 0.4) is 0 Å². The number of fused-ring (bicyclic) bond motifs is 1. The fraction of sp³-hybridized carbons (Fsp3) is 0.429. The average Bonchev–Trinajstić information content (AvgIpc) is 2.83. The van der Waals surface area contributed by atoms with Gasteiger partial charge in [0.05, 0.1) is 18.8 Å². The minimum Gasteiger partial charge on any atom is -0.464 e. The van der Waals surface area contributed by atoms with Gasteiger partial charge in [-0.1, -0.05) is 19.1 Å². The Labute approximate surface area is 114 Å². The number of benzene rings is 1. The molecule has 0 saturated carbocycles. The summed E-state index contributed by atoms with van der Waals surface area (Å²) in [5.41, 5.74) is 0.950. The summed E-state index contributed by atoms with van der Waals surface area (Å²) in [7, 11) is 0. The standard InChI is InChI=1S/C14H16F3NO2/c1-2-18-11(8-14(15,16)17)13(19)10-4-3-9-5-6-20-12(9)7-10/h3-7,11,13,18-19H,2,8H2,1H3. The number of rotatable bonds is 5. The number of likely N-dealkylation sites (N-methyl/N-ethyl adjacent to an activating group) is 1. The first-order valence-electron chi connectivity index (χ1n) is 6.36. The molecule has 6 heteroatoms. The number of alkyl halides is 3. The van der Waals surface area contributed by atoms with E-state index in [9.17, 15) is 18.3 Å². The molecule has 2 unspecified atom stereocenters. The molecule has 1 aromatic carbocycles. The lowest BCUT2D eigenvalue weighted by molar-refractivity contribution is -0.146. The molecule has 0 aliphatic carbocycles. The highest BCUT2D eigenvalue weighted by molar-refractivity contribution is 5.77. The Hall–Kier alpha value is -1.53. The molecule has 2 atom stereocenters. The molecule has 0 radical (unpaired) electrons. The third-order valence-corrected chi connectivity index (χ3v) is 3.12. The smallest absolute Gasteiger partial charge is 0.390 e. The SMILES string of the molecule is CCNC(CC(F)(F)F)C(O)c1ccc2ccoc2c1. The molecule has 0 saturated heterocycles. The Balaban J connectivity index is 2.22. The van der Waals surface area contributed by atoms with Gasteiger partial charge in [0.15, 0.2) is 0 Å². The van der Waals surface area contributed by atoms with Crippen LogP contribution in [0.2, 0.25) is 0 Å². The number of aliphatic hydroxyl groups is 1. The van der Waals surface area contributed by atoms with Crippen LogP contribution in [0.1, 0.15) is 25.0 Å². The third-order valence-electron chi connectivity index (χ3n) is 3.12. The molecule has 0 aliphatic rings. The maximum absolute atomic E-state index is 12.5. The van der Waals surface area contributed by atoms with Gasteiger partial charge in [-0.25, -0.2) is 0 Å². The van der Waals surface area contributed by atoms with Crippen LogP contribution in [-0.4, -0.2) is 23.9 Å². The Bertz CT molecular complexity index is 565. The van der Waals surface area contributed by atoms with Gasteiger partial charge in [0.2, 0.25) is 0 Å². The van der Waals surface area contributed by atoms with Crippen molar-refractivity contribution in [1.29, 1.82) is 0 Å². The Morgan fingerprint density at radius 3 is 2.70 bits per heavy atom. The summed E-state index contributed by atoms with van der Waals surface area (Å²) in [5, 5.41) is 13.7. The summed E-state index contributed by atoms with van der Waals surface area (Å²) in [6.07, 6.45) is -5.16. The summed E-state index contributed by atoms with van der Waals surface area (Å²) in [6, 6.07) is 5.58. The minimum absolute atomic E-state index is 0.348. The Kier molecular flexibility index (Phi) is 4.35. The molecule has 2 N–H and O–H groups in total. The number of nitrogens with one attached hydrogen (secondary N) is 1. The van der Waals surface area contributed by atoms with Gasteiger partial charge in [0, 0.05) is 11.4 Å². The Morgan fingerprint density at radius 2 is 2.05 bits per heavy atom. The van der Waals surface area contributed by atoms with Crippen molar-refractivity contribution in [3.8, 4) is 0 Å². The van der Waals surface area contributed by atoms with E-state index in [1.807, 2.05) is 0 Å². The van der Waals surface area contributed by atoms with Crippen molar-refractivity contribution in [3.63, 3.8) is 0 Å². The van der Waals surface area contributed by atoms with Crippen LogP contribution >= 0.6 is 0 Å². The van der Waals surface area contributed by atoms with Crippen LogP contribution in [0.5, 0.6) is 0 Å². The molecule has 0 amide bonds. The van der Waals surface area contributed by atoms with E-state index < -0.39 is 24.7 Å². The molecule has 0 aliphatic heterocycles. The first kappa shape index (κ1) is 14.9. The van der Waals surface area contributed by atoms with E-state index in [4.69, 9.17) is 4.42 Å². The van der Waals surface area contributed by atoms with E-state index in [1.165, 1.54) is 6.26 Å². The summed E-state index contributed by atoms with van der Waals surface area (Å²) in [6.45, 7) is 2.05. The Morgan fingerprint density at radius 1 is 1.30 bits per heavy atom. The highest BCUT2D eigenvalue weighted by Gasteiger charge is 2.35. The zero-order chi connectivity index (χ0) is 14.8. The quantitative estimate of drug-likeness (QED) is 0.886. The van der Waals surface area contributed by atoms with E-state index in [2.05, 4.69) is 5.32 Å². The van der Waals surface area contributed by atoms with Crippen LogP contribution in [0.25, 0.3) is 11.0 Å². The molecule has 2 rings (SSSR count). The van der Waals surface area contributed by atoms with Crippen LogP contribution in [0, 0.1) is 0 Å². The van der Waals surface area contributed by atoms with Gasteiger partial charge in [-0.3, -0.25) is 0 Å².